The van der Waals surface area contributed by atoms with Crippen LogP contribution in [-0.2, 0) is 11.0 Å². The van der Waals surface area contributed by atoms with E-state index < -0.39 is 28.8 Å². The summed E-state index contributed by atoms with van der Waals surface area (Å²) >= 11 is 5.42. The van der Waals surface area contributed by atoms with Crippen molar-refractivity contribution in [1.82, 2.24) is 0 Å². The number of nitrogens with one attached hydrogen (secondary N) is 1. The summed E-state index contributed by atoms with van der Waals surface area (Å²) in [6, 6.07) is 2.15. The van der Waals surface area contributed by atoms with Crippen LogP contribution in [0.2, 0.25) is 5.02 Å². The first-order chi connectivity index (χ1) is 7.71. The van der Waals surface area contributed by atoms with Gasteiger partial charge >= 0.3 is 12.1 Å². The highest BCUT2D eigenvalue weighted by atomic mass is 35.5. The summed E-state index contributed by atoms with van der Waals surface area (Å²) in [5.41, 5.74) is -0.946. The van der Waals surface area contributed by atoms with E-state index in [4.69, 9.17) is 16.7 Å². The molecule has 1 rings (SSSR count). The first-order valence-electron chi connectivity index (χ1n) is 4.58. The monoisotopic (exact) mass is 267 g/mol. The quantitative estimate of drug-likeness (QED) is 0.884. The number of halogens is 4. The van der Waals surface area contributed by atoms with Crippen LogP contribution in [0.4, 0.5) is 18.9 Å². The molecule has 0 heterocycles. The molecule has 0 saturated carbocycles. The van der Waals surface area contributed by atoms with Crippen LogP contribution in [-0.4, -0.2) is 17.1 Å². The number of rotatable bonds is 3. The fraction of sp³-hybridized carbons (Fsp3) is 0.300. The van der Waals surface area contributed by atoms with Crippen molar-refractivity contribution in [3.8, 4) is 0 Å². The Labute approximate surface area is 100 Å². The van der Waals surface area contributed by atoms with Gasteiger partial charge in [0.1, 0.15) is 6.04 Å². The van der Waals surface area contributed by atoms with E-state index in [0.717, 1.165) is 12.1 Å². The molecule has 1 aromatic carbocycles. The largest absolute Gasteiger partial charge is 0.480 e. The summed E-state index contributed by atoms with van der Waals surface area (Å²) < 4.78 is 37.5. The van der Waals surface area contributed by atoms with Crippen molar-refractivity contribution in [2.24, 2.45) is 0 Å². The third-order valence-corrected chi connectivity index (χ3v) is 2.35. The summed E-state index contributed by atoms with van der Waals surface area (Å²) in [5, 5.41) is 10.6. The van der Waals surface area contributed by atoms with Crippen LogP contribution in [0.15, 0.2) is 18.2 Å². The van der Waals surface area contributed by atoms with E-state index in [0.29, 0.717) is 0 Å². The van der Waals surface area contributed by atoms with E-state index >= 15 is 0 Å². The van der Waals surface area contributed by atoms with Crippen LogP contribution in [0.3, 0.4) is 0 Å². The molecule has 0 unspecified atom stereocenters. The number of hydrogen-bond acceptors (Lipinski definition) is 2. The lowest BCUT2D eigenvalue weighted by atomic mass is 10.2. The Kier molecular flexibility index (Phi) is 3.87. The van der Waals surface area contributed by atoms with Gasteiger partial charge in [-0.05, 0) is 25.1 Å². The van der Waals surface area contributed by atoms with Gasteiger partial charge in [-0.15, -0.1) is 0 Å². The summed E-state index contributed by atoms with van der Waals surface area (Å²) in [5.74, 6) is -1.16. The topological polar surface area (TPSA) is 49.3 Å². The predicted molar refractivity (Wildman–Crippen MR) is 57.2 cm³/mol. The maximum Gasteiger partial charge on any atom is 0.417 e. The average Bonchev–Trinajstić information content (AvgIpc) is 2.19. The highest BCUT2D eigenvalue weighted by Crippen LogP contribution is 2.36. The zero-order valence-corrected chi connectivity index (χ0v) is 9.43. The van der Waals surface area contributed by atoms with Gasteiger partial charge in [0.15, 0.2) is 0 Å². The Morgan fingerprint density at radius 1 is 1.47 bits per heavy atom. The third-order valence-electron chi connectivity index (χ3n) is 2.03. The second-order valence-electron chi connectivity index (χ2n) is 3.40. The number of benzene rings is 1. The van der Waals surface area contributed by atoms with E-state index in [1.807, 2.05) is 0 Å². The average molecular weight is 268 g/mol. The standard InChI is InChI=1S/C10H9ClF3NO2/c1-5(9(16)17)15-6-2-3-8(11)7(4-6)10(12,13)14/h2-5,15H,1H3,(H,16,17)/t5-/m1/s1. The number of carboxylic acids is 1. The molecule has 94 valence electrons. The van der Waals surface area contributed by atoms with Crippen molar-refractivity contribution in [1.29, 1.82) is 0 Å². The SMILES string of the molecule is C[C@@H](Nc1ccc(Cl)c(C(F)(F)F)c1)C(=O)O. The van der Waals surface area contributed by atoms with E-state index in [1.165, 1.54) is 13.0 Å². The molecule has 1 aromatic rings. The normalized spacial score (nSPS) is 13.2. The number of alkyl halides is 3. The number of carbonyl (C=O) groups is 1. The third kappa shape index (κ3) is 3.52. The lowest BCUT2D eigenvalue weighted by Crippen LogP contribution is -2.25. The number of aliphatic carboxylic acids is 1. The van der Waals surface area contributed by atoms with Crippen molar-refractivity contribution < 1.29 is 23.1 Å². The Bertz CT molecular complexity index is 434. The molecular weight excluding hydrogens is 259 g/mol. The molecule has 0 radical (unpaired) electrons. The first kappa shape index (κ1) is 13.6. The lowest BCUT2D eigenvalue weighted by molar-refractivity contribution is -0.138. The Balaban J connectivity index is 3.01. The second kappa shape index (κ2) is 4.83. The Morgan fingerprint density at radius 3 is 2.53 bits per heavy atom. The molecule has 0 spiro atoms. The molecule has 0 saturated heterocycles. The van der Waals surface area contributed by atoms with Gasteiger partial charge in [0, 0.05) is 5.69 Å². The van der Waals surface area contributed by atoms with E-state index in [2.05, 4.69) is 5.32 Å². The Hall–Kier alpha value is -1.43. The van der Waals surface area contributed by atoms with E-state index in [9.17, 15) is 18.0 Å². The number of anilines is 1. The van der Waals surface area contributed by atoms with Gasteiger partial charge < -0.3 is 10.4 Å². The second-order valence-corrected chi connectivity index (χ2v) is 3.80. The molecule has 7 heteroatoms. The Morgan fingerprint density at radius 2 is 2.06 bits per heavy atom. The molecule has 0 aromatic heterocycles. The highest BCUT2D eigenvalue weighted by molar-refractivity contribution is 6.31. The summed E-state index contributed by atoms with van der Waals surface area (Å²) in [7, 11) is 0. The fourth-order valence-electron chi connectivity index (χ4n) is 1.14. The minimum Gasteiger partial charge on any atom is -0.480 e. The summed E-state index contributed by atoms with van der Waals surface area (Å²) in [6.07, 6.45) is -4.57. The van der Waals surface area contributed by atoms with Gasteiger partial charge in [-0.1, -0.05) is 11.6 Å². The van der Waals surface area contributed by atoms with Crippen LogP contribution in [0.5, 0.6) is 0 Å². The molecule has 0 amide bonds. The van der Waals surface area contributed by atoms with Crippen LogP contribution in [0.25, 0.3) is 0 Å². The molecule has 2 N–H and O–H groups in total. The minimum absolute atomic E-state index is 0.0524. The van der Waals surface area contributed by atoms with Crippen LogP contribution >= 0.6 is 11.6 Å². The van der Waals surface area contributed by atoms with Crippen molar-refractivity contribution in [2.45, 2.75) is 19.1 Å². The minimum atomic E-state index is -4.57. The molecule has 3 nitrogen and oxygen atoms in total. The zero-order valence-electron chi connectivity index (χ0n) is 8.68. The number of hydrogen-bond donors (Lipinski definition) is 2. The first-order valence-corrected chi connectivity index (χ1v) is 4.95. The molecule has 1 atom stereocenters. The molecule has 0 fully saturated rings. The lowest BCUT2D eigenvalue weighted by Gasteiger charge is -2.14. The van der Waals surface area contributed by atoms with Gasteiger partial charge in [-0.2, -0.15) is 13.2 Å². The van der Waals surface area contributed by atoms with E-state index in [-0.39, 0.29) is 5.69 Å². The van der Waals surface area contributed by atoms with Crippen LogP contribution < -0.4 is 5.32 Å². The number of carboxylic acid groups (broad SMARTS) is 1. The molecule has 0 bridgehead atoms. The zero-order chi connectivity index (χ0) is 13.2. The van der Waals surface area contributed by atoms with Gasteiger partial charge in [0.05, 0.1) is 10.6 Å². The fourth-order valence-corrected chi connectivity index (χ4v) is 1.37. The van der Waals surface area contributed by atoms with Crippen LogP contribution in [0, 0.1) is 0 Å². The molecule has 0 aliphatic heterocycles. The van der Waals surface area contributed by atoms with Gasteiger partial charge in [-0.25, -0.2) is 0 Å². The van der Waals surface area contributed by atoms with Crippen molar-refractivity contribution >= 4 is 23.3 Å². The van der Waals surface area contributed by atoms with Gasteiger partial charge in [0.25, 0.3) is 0 Å². The molecular formula is C10H9ClF3NO2. The summed E-state index contributed by atoms with van der Waals surface area (Å²) in [4.78, 5) is 10.5. The maximum absolute atomic E-state index is 12.5. The summed E-state index contributed by atoms with van der Waals surface area (Å²) in [6.45, 7) is 1.32. The predicted octanol–water partition coefficient (Wildman–Crippen LogP) is 3.24. The smallest absolute Gasteiger partial charge is 0.417 e. The molecule has 0 aliphatic carbocycles. The molecule has 17 heavy (non-hydrogen) atoms. The van der Waals surface area contributed by atoms with Gasteiger partial charge in [-0.3, -0.25) is 4.79 Å². The maximum atomic E-state index is 12.5. The van der Waals surface area contributed by atoms with Gasteiger partial charge in [0.2, 0.25) is 0 Å². The van der Waals surface area contributed by atoms with Crippen molar-refractivity contribution in [2.75, 3.05) is 5.32 Å². The highest BCUT2D eigenvalue weighted by Gasteiger charge is 2.33. The van der Waals surface area contributed by atoms with E-state index in [1.54, 1.807) is 0 Å². The van der Waals surface area contributed by atoms with Crippen molar-refractivity contribution in [3.05, 3.63) is 28.8 Å². The van der Waals surface area contributed by atoms with Crippen LogP contribution in [0.1, 0.15) is 12.5 Å². The van der Waals surface area contributed by atoms with Crippen molar-refractivity contribution in [3.63, 3.8) is 0 Å². The molecule has 0 aliphatic rings.